The van der Waals surface area contributed by atoms with Gasteiger partial charge in [0.2, 0.25) is 17.4 Å². The van der Waals surface area contributed by atoms with Crippen molar-refractivity contribution >= 4 is 49.7 Å². The van der Waals surface area contributed by atoms with Gasteiger partial charge in [-0.2, -0.15) is 4.98 Å². The van der Waals surface area contributed by atoms with Crippen LogP contribution in [-0.4, -0.2) is 110 Å². The number of ether oxygens (including phenoxy) is 2. The van der Waals surface area contributed by atoms with E-state index in [0.29, 0.717) is 0 Å². The number of anilines is 2. The molecule has 5 aromatic heterocycles. The Morgan fingerprint density at radius 1 is 1.02 bits per heavy atom. The topological polar surface area (TPSA) is 326 Å². The van der Waals surface area contributed by atoms with Crippen LogP contribution in [0.2, 0.25) is 0 Å². The normalized spacial score (nSPS) is 29.6. The Morgan fingerprint density at radius 3 is 2.60 bits per heavy atom. The van der Waals surface area contributed by atoms with E-state index in [9.17, 15) is 29.0 Å². The quantitative estimate of drug-likeness (QED) is 0.127. The van der Waals surface area contributed by atoms with Gasteiger partial charge in [0.15, 0.2) is 40.1 Å². The third-order valence-electron chi connectivity index (χ3n) is 8.07. The predicted octanol–water partition coefficient (Wildman–Crippen LogP) is -0.479. The van der Waals surface area contributed by atoms with E-state index in [4.69, 9.17) is 43.5 Å². The zero-order chi connectivity index (χ0) is 34.9. The highest BCUT2D eigenvalue weighted by Gasteiger charge is 2.52. The number of H-pyrrole nitrogens is 1. The lowest BCUT2D eigenvalue weighted by molar-refractivity contribution is -0.0514. The van der Waals surface area contributed by atoms with E-state index in [1.807, 2.05) is 0 Å². The molecule has 6 atom stereocenters. The van der Waals surface area contributed by atoms with Crippen LogP contribution in [0.3, 0.4) is 0 Å². The first-order chi connectivity index (χ1) is 23.9. The number of hydrogen-bond acceptors (Lipinski definition) is 19. The van der Waals surface area contributed by atoms with Gasteiger partial charge in [-0.1, -0.05) is 0 Å². The first-order valence-corrected chi connectivity index (χ1v) is 17.7. The number of nitrogens with zero attached hydrogens (tertiary/aromatic N) is 8. The van der Waals surface area contributed by atoms with Gasteiger partial charge in [-0.15, -0.1) is 0 Å². The summed E-state index contributed by atoms with van der Waals surface area (Å²) in [5.74, 6) is -2.54. The Hall–Kier alpha value is -4.48. The number of phosphoric ester groups is 1. The molecule has 24 nitrogen and oxygen atoms in total. The van der Waals surface area contributed by atoms with Crippen molar-refractivity contribution in [1.29, 1.82) is 0 Å². The maximum absolute atomic E-state index is 14.8. The molecule has 8 N–H and O–H groups in total. The lowest BCUT2D eigenvalue weighted by atomic mass is 10.1. The summed E-state index contributed by atoms with van der Waals surface area (Å²) in [5.41, 5.74) is 11.0. The van der Waals surface area contributed by atoms with Crippen molar-refractivity contribution < 1.29 is 56.2 Å². The maximum Gasteiger partial charge on any atom is 0.527 e. The van der Waals surface area contributed by atoms with E-state index in [0.717, 1.165) is 6.33 Å². The Balaban J connectivity index is 1.22. The van der Waals surface area contributed by atoms with Crippen molar-refractivity contribution in [2.24, 2.45) is 0 Å². The number of phosphoric acid groups is 1. The minimum atomic E-state index is -5.15. The van der Waals surface area contributed by atoms with Gasteiger partial charge in [0.05, 0.1) is 26.1 Å². The molecule has 8 heterocycles. The van der Waals surface area contributed by atoms with Gasteiger partial charge in [0, 0.05) is 13.1 Å². The van der Waals surface area contributed by atoms with Crippen LogP contribution < -0.4 is 21.6 Å². The van der Waals surface area contributed by atoms with Crippen LogP contribution in [-0.2, 0) is 38.8 Å². The van der Waals surface area contributed by atoms with Crippen LogP contribution in [0.5, 0.6) is 11.5 Å². The number of nitrogen functional groups attached to an aromatic ring is 2. The van der Waals surface area contributed by atoms with Gasteiger partial charge in [0.25, 0.3) is 11.4 Å². The van der Waals surface area contributed by atoms with Gasteiger partial charge in [-0.3, -0.25) is 32.8 Å². The molecule has 0 radical (unpaired) electrons. The molecule has 2 bridgehead atoms. The van der Waals surface area contributed by atoms with E-state index < -0.39 is 76.1 Å². The molecule has 26 heteroatoms. The van der Waals surface area contributed by atoms with Crippen LogP contribution >= 0.6 is 15.6 Å². The summed E-state index contributed by atoms with van der Waals surface area (Å²) in [6.07, 6.45) is -2.56. The van der Waals surface area contributed by atoms with Crippen molar-refractivity contribution in [2.45, 2.75) is 31.1 Å². The Morgan fingerprint density at radius 2 is 1.80 bits per heavy atom. The Labute approximate surface area is 277 Å². The fourth-order valence-corrected chi connectivity index (χ4v) is 8.33. The number of furan rings is 1. The summed E-state index contributed by atoms with van der Waals surface area (Å²) in [6.45, 7) is -1.17. The van der Waals surface area contributed by atoms with E-state index in [1.165, 1.54) is 26.5 Å². The number of aromatic hydroxyl groups is 1. The van der Waals surface area contributed by atoms with E-state index in [-0.39, 0.29) is 66.3 Å². The molecule has 3 aliphatic rings. The molecule has 0 amide bonds. The molecule has 0 aromatic carbocycles. The molecular weight excluding hydrogens is 712 g/mol. The number of fused-ring (bicyclic) bond motifs is 5. The summed E-state index contributed by atoms with van der Waals surface area (Å²) >= 11 is 0. The summed E-state index contributed by atoms with van der Waals surface area (Å²) in [5, 5.41) is 22.7. The Kier molecular flexibility index (Phi) is 7.91. The fraction of sp³-hybridized carbons (Fsp3) is 0.417. The average molecular weight is 739 g/mol. The van der Waals surface area contributed by atoms with E-state index in [1.54, 1.807) is 0 Å². The van der Waals surface area contributed by atoms with Crippen LogP contribution in [0.4, 0.5) is 11.8 Å². The summed E-state index contributed by atoms with van der Waals surface area (Å²) in [7, 11) is -9.66. The molecule has 5 aromatic rings. The summed E-state index contributed by atoms with van der Waals surface area (Å²) in [4.78, 5) is 45.9. The third-order valence-corrected chi connectivity index (χ3v) is 11.0. The van der Waals surface area contributed by atoms with Crippen LogP contribution in [0.15, 0.2) is 28.2 Å². The number of nitrogens with two attached hydrogens (primary N) is 2. The summed E-state index contributed by atoms with van der Waals surface area (Å²) < 4.78 is 71.6. The molecule has 50 heavy (non-hydrogen) atoms. The molecular formula is C24H27N11O13P2. The average Bonchev–Trinajstić information content (AvgIpc) is 3.85. The van der Waals surface area contributed by atoms with Crippen molar-refractivity contribution in [3.63, 3.8) is 0 Å². The minimum Gasteiger partial charge on any atom is -0.500 e. The highest BCUT2D eigenvalue weighted by molar-refractivity contribution is 7.51. The maximum atomic E-state index is 14.8. The first-order valence-electron chi connectivity index (χ1n) is 14.7. The molecule has 4 unspecified atom stereocenters. The van der Waals surface area contributed by atoms with Gasteiger partial charge in [-0.05, 0) is 0 Å². The number of imidazole rings is 2. The first kappa shape index (κ1) is 32.7. The summed E-state index contributed by atoms with van der Waals surface area (Å²) in [6, 6.07) is 0. The highest BCUT2D eigenvalue weighted by atomic mass is 31.2. The molecule has 2 fully saturated rings. The highest BCUT2D eigenvalue weighted by Crippen LogP contribution is 2.59. The minimum absolute atomic E-state index is 0.0261. The molecule has 8 rings (SSSR count). The number of aliphatic hydroxyl groups excluding tert-OH is 1. The lowest BCUT2D eigenvalue weighted by Crippen LogP contribution is -2.40. The van der Waals surface area contributed by atoms with Crippen molar-refractivity contribution in [2.75, 3.05) is 44.4 Å². The number of morpholine rings is 1. The standard InChI is InChI=1S/C24H27N11O13P2/c25-18-12-19(28-7-27-18)34(8-29-12)22-15(37)16-11(46-22)6-43-49(39,33-1-3-42-4-2-33)47-17-14(36)10(5-44-50(40,41)48-16)45-23(17)35-9-30-13-20(35)31-24(26)32-21(13)38/h7-10,14,17,23,36-37H,1-6H2,(H,40,41)(H2,25,27,28)(H3,26,31,32,38)/t10-,14?,17?,23-,49?/m1/s1. The van der Waals surface area contributed by atoms with Crippen LogP contribution in [0, 0.1) is 0 Å². The largest absolute Gasteiger partial charge is 0.527 e. The van der Waals surface area contributed by atoms with Gasteiger partial charge >= 0.3 is 15.6 Å². The number of aromatic amines is 1. The van der Waals surface area contributed by atoms with Gasteiger partial charge < -0.3 is 40.1 Å². The molecule has 3 aliphatic heterocycles. The van der Waals surface area contributed by atoms with Crippen LogP contribution in [0.25, 0.3) is 28.2 Å². The van der Waals surface area contributed by atoms with Gasteiger partial charge in [0.1, 0.15) is 37.6 Å². The zero-order valence-corrected chi connectivity index (χ0v) is 27.1. The lowest BCUT2D eigenvalue weighted by Gasteiger charge is -2.35. The molecule has 0 spiro atoms. The fourth-order valence-electron chi connectivity index (χ4n) is 5.70. The van der Waals surface area contributed by atoms with Crippen molar-refractivity contribution in [3.8, 4) is 17.4 Å². The number of nitrogens with one attached hydrogen (secondary N) is 1. The molecule has 0 aliphatic carbocycles. The third kappa shape index (κ3) is 5.51. The number of aromatic nitrogens is 8. The second-order valence-electron chi connectivity index (χ2n) is 11.1. The van der Waals surface area contributed by atoms with E-state index in [2.05, 4.69) is 29.9 Å². The molecule has 0 saturated carbocycles. The second kappa shape index (κ2) is 12.1. The van der Waals surface area contributed by atoms with Gasteiger partial charge in [-0.25, -0.2) is 38.3 Å². The smallest absolute Gasteiger partial charge is 0.500 e. The van der Waals surface area contributed by atoms with E-state index >= 15 is 0 Å². The molecule has 266 valence electrons. The van der Waals surface area contributed by atoms with Crippen molar-refractivity contribution in [1.82, 2.24) is 43.7 Å². The monoisotopic (exact) mass is 739 g/mol. The number of hydrogen-bond donors (Lipinski definition) is 6. The Bertz CT molecular complexity index is 2270. The second-order valence-corrected chi connectivity index (χ2v) is 14.5. The number of aliphatic hydroxyl groups is 1. The van der Waals surface area contributed by atoms with Crippen molar-refractivity contribution in [3.05, 3.63) is 35.1 Å². The predicted molar refractivity (Wildman–Crippen MR) is 164 cm³/mol. The zero-order valence-electron chi connectivity index (χ0n) is 25.3. The molecule has 2 saturated heterocycles. The van der Waals surface area contributed by atoms with Crippen LogP contribution in [0.1, 0.15) is 12.0 Å². The number of rotatable bonds is 3. The SMILES string of the molecule is Nc1nc2c(ncn2[C@@H]2O[C@@H]3COP(=O)(O)Oc4c(oc(-n5cnc6c(N)ncnc65)c4O)COP(=O)(N4CCOCC4)OC2C3O)c(=O)[nH]1.